The van der Waals surface area contributed by atoms with Gasteiger partial charge in [0.25, 0.3) is 0 Å². The predicted molar refractivity (Wildman–Crippen MR) is 73.0 cm³/mol. The number of rotatable bonds is 3. The lowest BCUT2D eigenvalue weighted by Crippen LogP contribution is -2.29. The van der Waals surface area contributed by atoms with Crippen LogP contribution in [0.1, 0.15) is 25.3 Å². The zero-order valence-electron chi connectivity index (χ0n) is 10.3. The molecule has 0 radical (unpaired) electrons. The summed E-state index contributed by atoms with van der Waals surface area (Å²) in [4.78, 5) is 0. The highest BCUT2D eigenvalue weighted by Crippen LogP contribution is 2.51. The molecule has 1 aliphatic rings. The normalized spacial score (nSPS) is 19.2. The molecule has 1 saturated carbocycles. The first kappa shape index (κ1) is 10.8. The van der Waals surface area contributed by atoms with Gasteiger partial charge in [0.1, 0.15) is 0 Å². The minimum atomic E-state index is 0.307. The summed E-state index contributed by atoms with van der Waals surface area (Å²) in [5, 5.41) is 2.73. The molecule has 0 saturated heterocycles. The van der Waals surface area contributed by atoms with Gasteiger partial charge in [-0.15, -0.1) is 0 Å². The van der Waals surface area contributed by atoms with Gasteiger partial charge in [-0.1, -0.05) is 42.5 Å². The summed E-state index contributed by atoms with van der Waals surface area (Å²) in [6, 6.07) is 15.5. The lowest BCUT2D eigenvalue weighted by molar-refractivity contribution is 0.420. The van der Waals surface area contributed by atoms with Gasteiger partial charge in [0.05, 0.1) is 0 Å². The number of benzene rings is 2. The molecule has 2 aromatic rings. The molecule has 1 fully saturated rings. The molecule has 17 heavy (non-hydrogen) atoms. The van der Waals surface area contributed by atoms with E-state index >= 15 is 0 Å². The van der Waals surface area contributed by atoms with Gasteiger partial charge in [0.2, 0.25) is 0 Å². The Balaban J connectivity index is 2.01. The van der Waals surface area contributed by atoms with Crippen molar-refractivity contribution in [1.82, 2.24) is 0 Å². The molecule has 1 heteroatoms. The summed E-state index contributed by atoms with van der Waals surface area (Å²) in [6.45, 7) is 2.15. The van der Waals surface area contributed by atoms with Crippen LogP contribution in [0, 0.1) is 5.41 Å². The minimum absolute atomic E-state index is 0.307. The van der Waals surface area contributed by atoms with Gasteiger partial charge in [0, 0.05) is 6.04 Å². The van der Waals surface area contributed by atoms with Crippen LogP contribution in [0.4, 0.5) is 0 Å². The molecular weight excluding hydrogens is 206 g/mol. The van der Waals surface area contributed by atoms with Gasteiger partial charge < -0.3 is 5.73 Å². The average molecular weight is 225 g/mol. The van der Waals surface area contributed by atoms with Crippen LogP contribution in [0.5, 0.6) is 0 Å². The Hall–Kier alpha value is -1.34. The molecule has 1 nitrogen and oxygen atoms in total. The SMILES string of the molecule is CC(N)C1(Cc2cccc3ccccc23)CC1. The Bertz CT molecular complexity index is 533. The van der Waals surface area contributed by atoms with Crippen LogP contribution in [0.15, 0.2) is 42.5 Å². The van der Waals surface area contributed by atoms with E-state index in [0.29, 0.717) is 11.5 Å². The second-order valence-electron chi connectivity index (χ2n) is 5.47. The van der Waals surface area contributed by atoms with Crippen molar-refractivity contribution < 1.29 is 0 Å². The molecular formula is C16H19N. The van der Waals surface area contributed by atoms with E-state index < -0.39 is 0 Å². The van der Waals surface area contributed by atoms with Crippen LogP contribution in [0.2, 0.25) is 0 Å². The fourth-order valence-electron chi connectivity index (χ4n) is 2.78. The van der Waals surface area contributed by atoms with E-state index in [4.69, 9.17) is 5.73 Å². The van der Waals surface area contributed by atoms with Gasteiger partial charge in [-0.05, 0) is 47.9 Å². The fraction of sp³-hybridized carbons (Fsp3) is 0.375. The van der Waals surface area contributed by atoms with Crippen LogP contribution in [-0.2, 0) is 6.42 Å². The van der Waals surface area contributed by atoms with Crippen LogP contribution < -0.4 is 5.73 Å². The Labute approximate surface area is 103 Å². The molecule has 0 spiro atoms. The Morgan fingerprint density at radius 3 is 2.53 bits per heavy atom. The second kappa shape index (κ2) is 3.85. The summed E-state index contributed by atoms with van der Waals surface area (Å²) in [5.41, 5.74) is 7.96. The van der Waals surface area contributed by atoms with Crippen LogP contribution in [0.3, 0.4) is 0 Å². The predicted octanol–water partition coefficient (Wildman–Crippen LogP) is 3.51. The van der Waals surface area contributed by atoms with Crippen LogP contribution in [0.25, 0.3) is 10.8 Å². The topological polar surface area (TPSA) is 26.0 Å². The van der Waals surface area contributed by atoms with E-state index in [9.17, 15) is 0 Å². The summed E-state index contributed by atoms with van der Waals surface area (Å²) >= 11 is 0. The lowest BCUT2D eigenvalue weighted by Gasteiger charge is -2.20. The molecule has 0 bridgehead atoms. The van der Waals surface area contributed by atoms with E-state index in [1.165, 1.54) is 29.2 Å². The van der Waals surface area contributed by atoms with Gasteiger partial charge in [0.15, 0.2) is 0 Å². The van der Waals surface area contributed by atoms with Gasteiger partial charge in [-0.2, -0.15) is 0 Å². The molecule has 0 aromatic heterocycles. The molecule has 0 heterocycles. The number of fused-ring (bicyclic) bond motifs is 1. The number of nitrogens with two attached hydrogens (primary N) is 1. The van der Waals surface area contributed by atoms with Crippen molar-refractivity contribution in [3.05, 3.63) is 48.0 Å². The van der Waals surface area contributed by atoms with Crippen molar-refractivity contribution in [2.75, 3.05) is 0 Å². The zero-order chi connectivity index (χ0) is 11.9. The van der Waals surface area contributed by atoms with E-state index in [-0.39, 0.29) is 0 Å². The van der Waals surface area contributed by atoms with Crippen LogP contribution in [-0.4, -0.2) is 6.04 Å². The molecule has 2 N–H and O–H groups in total. The standard InChI is InChI=1S/C16H19N/c1-12(17)16(9-10-16)11-14-7-4-6-13-5-2-3-8-15(13)14/h2-8,12H,9-11,17H2,1H3. The Morgan fingerprint density at radius 1 is 1.12 bits per heavy atom. The highest BCUT2D eigenvalue weighted by Gasteiger charge is 2.45. The van der Waals surface area contributed by atoms with Crippen molar-refractivity contribution in [2.24, 2.45) is 11.1 Å². The summed E-state index contributed by atoms with van der Waals surface area (Å²) in [7, 11) is 0. The molecule has 0 amide bonds. The molecule has 2 aromatic carbocycles. The molecule has 88 valence electrons. The number of hydrogen-bond acceptors (Lipinski definition) is 1. The van der Waals surface area contributed by atoms with Crippen molar-refractivity contribution in [3.63, 3.8) is 0 Å². The first-order chi connectivity index (χ1) is 8.21. The quantitative estimate of drug-likeness (QED) is 0.850. The zero-order valence-corrected chi connectivity index (χ0v) is 10.3. The third-order valence-corrected chi connectivity index (χ3v) is 4.28. The molecule has 3 rings (SSSR count). The first-order valence-corrected chi connectivity index (χ1v) is 6.43. The van der Waals surface area contributed by atoms with E-state index in [2.05, 4.69) is 49.4 Å². The van der Waals surface area contributed by atoms with E-state index in [1.807, 2.05) is 0 Å². The van der Waals surface area contributed by atoms with E-state index in [1.54, 1.807) is 0 Å². The van der Waals surface area contributed by atoms with Gasteiger partial charge in [-0.25, -0.2) is 0 Å². The van der Waals surface area contributed by atoms with Crippen molar-refractivity contribution in [3.8, 4) is 0 Å². The fourth-order valence-corrected chi connectivity index (χ4v) is 2.78. The summed E-state index contributed by atoms with van der Waals surface area (Å²) in [5.74, 6) is 0. The maximum absolute atomic E-state index is 6.12. The van der Waals surface area contributed by atoms with Gasteiger partial charge in [-0.3, -0.25) is 0 Å². The number of hydrogen-bond donors (Lipinski definition) is 1. The maximum atomic E-state index is 6.12. The average Bonchev–Trinajstić information content (AvgIpc) is 3.11. The summed E-state index contributed by atoms with van der Waals surface area (Å²) in [6.07, 6.45) is 3.70. The Kier molecular flexibility index (Phi) is 2.44. The largest absolute Gasteiger partial charge is 0.327 e. The lowest BCUT2D eigenvalue weighted by atomic mass is 9.88. The molecule has 0 aliphatic heterocycles. The second-order valence-corrected chi connectivity index (χ2v) is 5.47. The maximum Gasteiger partial charge on any atom is 0.00702 e. The highest BCUT2D eigenvalue weighted by molar-refractivity contribution is 5.85. The highest BCUT2D eigenvalue weighted by atomic mass is 14.7. The molecule has 1 aliphatic carbocycles. The summed E-state index contributed by atoms with van der Waals surface area (Å²) < 4.78 is 0. The van der Waals surface area contributed by atoms with Gasteiger partial charge >= 0.3 is 0 Å². The molecule has 1 atom stereocenters. The Morgan fingerprint density at radius 2 is 1.82 bits per heavy atom. The monoisotopic (exact) mass is 225 g/mol. The first-order valence-electron chi connectivity index (χ1n) is 6.43. The third kappa shape index (κ3) is 1.85. The van der Waals surface area contributed by atoms with Crippen molar-refractivity contribution in [1.29, 1.82) is 0 Å². The van der Waals surface area contributed by atoms with Crippen molar-refractivity contribution in [2.45, 2.75) is 32.2 Å². The smallest absolute Gasteiger partial charge is 0.00702 e. The van der Waals surface area contributed by atoms with Crippen molar-refractivity contribution >= 4 is 10.8 Å². The minimum Gasteiger partial charge on any atom is -0.327 e. The molecule has 1 unspecified atom stereocenters. The van der Waals surface area contributed by atoms with Crippen LogP contribution >= 0.6 is 0 Å². The third-order valence-electron chi connectivity index (χ3n) is 4.28. The van der Waals surface area contributed by atoms with E-state index in [0.717, 1.165) is 6.42 Å².